The molecule has 0 bridgehead atoms. The predicted molar refractivity (Wildman–Crippen MR) is 108 cm³/mol. The second-order valence-corrected chi connectivity index (χ2v) is 8.94. The zero-order valence-electron chi connectivity index (χ0n) is 15.3. The molecule has 0 heterocycles. The summed E-state index contributed by atoms with van der Waals surface area (Å²) in [5.41, 5.74) is 0.190. The largest absolute Gasteiger partial charge is 0.324 e. The molecule has 0 saturated heterocycles. The Hall–Kier alpha value is -2.62. The first-order valence-electron chi connectivity index (χ1n) is 8.78. The van der Waals surface area contributed by atoms with Crippen molar-refractivity contribution in [2.45, 2.75) is 18.9 Å². The highest BCUT2D eigenvalue weighted by molar-refractivity contribution is 7.76. The van der Waals surface area contributed by atoms with Gasteiger partial charge in [0.15, 0.2) is 0 Å². The van der Waals surface area contributed by atoms with Crippen LogP contribution in [0.15, 0.2) is 91.0 Å². The van der Waals surface area contributed by atoms with Gasteiger partial charge in [0.1, 0.15) is 6.04 Å². The van der Waals surface area contributed by atoms with Crippen LogP contribution in [0.2, 0.25) is 0 Å². The number of nitrogens with one attached hydrogen (secondary N) is 1. The van der Waals surface area contributed by atoms with Crippen molar-refractivity contribution >= 4 is 23.7 Å². The highest BCUT2D eigenvalue weighted by atomic mass is 31.2. The first-order chi connectivity index (χ1) is 13.4. The van der Waals surface area contributed by atoms with Gasteiger partial charge in [0.2, 0.25) is 13.1 Å². The van der Waals surface area contributed by atoms with Crippen LogP contribution in [-0.4, -0.2) is 11.7 Å². The summed E-state index contributed by atoms with van der Waals surface area (Å²) in [5.74, 6) is -5.03. The molecule has 1 unspecified atom stereocenters. The average Bonchev–Trinajstić information content (AvgIpc) is 2.73. The summed E-state index contributed by atoms with van der Waals surface area (Å²) in [4.78, 5) is 11.8. The first kappa shape index (κ1) is 20.1. The smallest absolute Gasteiger partial charge is 0.296 e. The van der Waals surface area contributed by atoms with Crippen LogP contribution in [0.3, 0.4) is 0 Å². The molecule has 1 atom stereocenters. The number of alkyl halides is 2. The number of benzene rings is 3. The number of carbonyl (C=O) groups excluding carboxylic acids is 1. The molecule has 0 aliphatic rings. The van der Waals surface area contributed by atoms with Crippen molar-refractivity contribution in [3.63, 3.8) is 0 Å². The van der Waals surface area contributed by atoms with Gasteiger partial charge in [-0.3, -0.25) is 9.36 Å². The van der Waals surface area contributed by atoms with E-state index in [0.717, 1.165) is 6.92 Å². The van der Waals surface area contributed by atoms with E-state index < -0.39 is 25.0 Å². The molecule has 3 aromatic carbocycles. The molecule has 0 saturated carbocycles. The minimum Gasteiger partial charge on any atom is -0.296 e. The molecule has 0 aliphatic carbocycles. The lowest BCUT2D eigenvalue weighted by molar-refractivity contribution is -0.144. The van der Waals surface area contributed by atoms with Gasteiger partial charge in [0.05, 0.1) is 0 Å². The average molecular weight is 399 g/mol. The van der Waals surface area contributed by atoms with Gasteiger partial charge >= 0.3 is 5.92 Å². The lowest BCUT2D eigenvalue weighted by Crippen LogP contribution is -2.44. The Labute approximate surface area is 162 Å². The Bertz CT molecular complexity index is 936. The van der Waals surface area contributed by atoms with Crippen molar-refractivity contribution in [2.24, 2.45) is 0 Å². The minimum atomic E-state index is -3.74. The monoisotopic (exact) mass is 399 g/mol. The van der Waals surface area contributed by atoms with Gasteiger partial charge in [-0.1, -0.05) is 66.7 Å². The molecule has 3 rings (SSSR count). The van der Waals surface area contributed by atoms with Crippen LogP contribution in [0.25, 0.3) is 0 Å². The van der Waals surface area contributed by atoms with Gasteiger partial charge in [-0.25, -0.2) is 5.09 Å². The fraction of sp³-hybridized carbons (Fsp3) is 0.136. The third-order valence-electron chi connectivity index (χ3n) is 4.52. The molecule has 3 nitrogen and oxygen atoms in total. The Morgan fingerprint density at radius 1 is 0.821 bits per heavy atom. The molecule has 3 aromatic rings. The van der Waals surface area contributed by atoms with Gasteiger partial charge in [-0.05, 0) is 29.8 Å². The Kier molecular flexibility index (Phi) is 5.87. The summed E-state index contributed by atoms with van der Waals surface area (Å²) in [5, 5.41) is 3.47. The second kappa shape index (κ2) is 8.17. The molecule has 1 N–H and O–H groups in total. The molecular weight excluding hydrogens is 379 g/mol. The molecule has 0 fully saturated rings. The SMILES string of the molecule is CC(=O)C(F)(F)C(NP(=O)(c1ccccc1)c1ccccc1)c1ccccc1. The lowest BCUT2D eigenvalue weighted by atomic mass is 9.99. The topological polar surface area (TPSA) is 46.2 Å². The van der Waals surface area contributed by atoms with Gasteiger partial charge in [0, 0.05) is 17.5 Å². The van der Waals surface area contributed by atoms with Crippen LogP contribution in [0, 0.1) is 0 Å². The molecular formula is C22H20F2NO2P. The van der Waals surface area contributed by atoms with Gasteiger partial charge < -0.3 is 0 Å². The number of hydrogen-bond donors (Lipinski definition) is 1. The first-order valence-corrected chi connectivity index (χ1v) is 10.5. The van der Waals surface area contributed by atoms with E-state index >= 15 is 0 Å². The van der Waals surface area contributed by atoms with E-state index in [1.54, 1.807) is 78.9 Å². The highest BCUT2D eigenvalue weighted by Gasteiger charge is 2.48. The van der Waals surface area contributed by atoms with E-state index in [-0.39, 0.29) is 5.56 Å². The van der Waals surface area contributed by atoms with E-state index in [1.807, 2.05) is 0 Å². The highest BCUT2D eigenvalue weighted by Crippen LogP contribution is 2.45. The van der Waals surface area contributed by atoms with Crippen LogP contribution in [-0.2, 0) is 9.36 Å². The van der Waals surface area contributed by atoms with Gasteiger partial charge in [0.25, 0.3) is 0 Å². The standard InChI is InChI=1S/C22H20F2NO2P/c1-17(26)22(23,24)21(18-11-5-2-6-12-18)25-28(27,19-13-7-3-8-14-19)20-15-9-4-10-16-20/h2-16,21H,1H3,(H,25,27). The third-order valence-corrected chi connectivity index (χ3v) is 7.19. The van der Waals surface area contributed by atoms with Crippen LogP contribution < -0.4 is 15.7 Å². The van der Waals surface area contributed by atoms with Gasteiger partial charge in [-0.2, -0.15) is 8.78 Å². The number of halogens is 2. The third kappa shape index (κ3) is 3.96. The molecule has 144 valence electrons. The molecule has 0 amide bonds. The van der Waals surface area contributed by atoms with Crippen LogP contribution in [0.1, 0.15) is 18.5 Å². The molecule has 28 heavy (non-hydrogen) atoms. The van der Waals surface area contributed by atoms with E-state index in [2.05, 4.69) is 5.09 Å². The molecule has 0 aromatic heterocycles. The summed E-state index contributed by atoms with van der Waals surface area (Å²) in [6, 6.07) is 23.0. The fourth-order valence-electron chi connectivity index (χ4n) is 2.97. The number of Topliss-reactive ketones (excluding diaryl/α,β-unsaturated/α-hetero) is 1. The Morgan fingerprint density at radius 2 is 1.21 bits per heavy atom. The van der Waals surface area contributed by atoms with Crippen molar-refractivity contribution < 1.29 is 18.1 Å². The van der Waals surface area contributed by atoms with Crippen LogP contribution in [0.5, 0.6) is 0 Å². The van der Waals surface area contributed by atoms with Crippen molar-refractivity contribution in [1.29, 1.82) is 0 Å². The number of ketones is 1. The zero-order valence-corrected chi connectivity index (χ0v) is 16.2. The summed E-state index contributed by atoms with van der Waals surface area (Å²) in [6.07, 6.45) is 0. The van der Waals surface area contributed by atoms with E-state index in [1.165, 1.54) is 12.1 Å². The number of carbonyl (C=O) groups is 1. The summed E-state index contributed by atoms with van der Waals surface area (Å²) < 4.78 is 44.0. The fourth-order valence-corrected chi connectivity index (χ4v) is 5.42. The van der Waals surface area contributed by atoms with Crippen molar-refractivity contribution in [2.75, 3.05) is 0 Å². The molecule has 0 spiro atoms. The van der Waals surface area contributed by atoms with Crippen molar-refractivity contribution in [3.05, 3.63) is 96.6 Å². The van der Waals surface area contributed by atoms with Crippen LogP contribution in [0.4, 0.5) is 8.78 Å². The lowest BCUT2D eigenvalue weighted by Gasteiger charge is -2.31. The normalized spacial score (nSPS) is 13.1. The van der Waals surface area contributed by atoms with E-state index in [0.29, 0.717) is 10.6 Å². The van der Waals surface area contributed by atoms with E-state index in [4.69, 9.17) is 0 Å². The number of hydrogen-bond acceptors (Lipinski definition) is 2. The molecule has 6 heteroatoms. The molecule has 0 radical (unpaired) electrons. The van der Waals surface area contributed by atoms with Crippen molar-refractivity contribution in [3.8, 4) is 0 Å². The predicted octanol–water partition coefficient (Wildman–Crippen LogP) is 4.47. The maximum Gasteiger partial charge on any atom is 0.324 e. The number of rotatable bonds is 7. The van der Waals surface area contributed by atoms with Crippen molar-refractivity contribution in [1.82, 2.24) is 5.09 Å². The maximum absolute atomic E-state index is 14.9. The zero-order chi connectivity index (χ0) is 20.2. The van der Waals surface area contributed by atoms with E-state index in [9.17, 15) is 18.1 Å². The summed E-state index contributed by atoms with van der Waals surface area (Å²) in [7, 11) is -3.66. The summed E-state index contributed by atoms with van der Waals surface area (Å²) in [6.45, 7) is 0.841. The Balaban J connectivity index is 2.17. The minimum absolute atomic E-state index is 0.190. The quantitative estimate of drug-likeness (QED) is 0.597. The summed E-state index contributed by atoms with van der Waals surface area (Å²) >= 11 is 0. The Morgan fingerprint density at radius 3 is 1.61 bits per heavy atom. The molecule has 0 aliphatic heterocycles. The second-order valence-electron chi connectivity index (χ2n) is 6.43. The maximum atomic E-state index is 14.9. The van der Waals surface area contributed by atoms with Crippen LogP contribution >= 0.6 is 7.29 Å². The van der Waals surface area contributed by atoms with Gasteiger partial charge in [-0.15, -0.1) is 0 Å².